The minimum absolute atomic E-state index is 0.187. The molecule has 3 rings (SSSR count). The fourth-order valence-electron chi connectivity index (χ4n) is 2.98. The predicted molar refractivity (Wildman–Crippen MR) is 76.8 cm³/mol. The Bertz CT molecular complexity index is 442. The van der Waals surface area contributed by atoms with Crippen LogP contribution >= 0.6 is 11.6 Å². The summed E-state index contributed by atoms with van der Waals surface area (Å²) in [6.45, 7) is 3.17. The van der Waals surface area contributed by atoms with Gasteiger partial charge in [0.2, 0.25) is 0 Å². The summed E-state index contributed by atoms with van der Waals surface area (Å²) in [5.41, 5.74) is 0.979. The SMILES string of the molecule is CC(NCC(C1CC1)C1CC1)c1ccc(Cl)c(F)c1. The highest BCUT2D eigenvalue weighted by molar-refractivity contribution is 6.30. The van der Waals surface area contributed by atoms with E-state index in [0.29, 0.717) is 0 Å². The van der Waals surface area contributed by atoms with Gasteiger partial charge in [-0.25, -0.2) is 4.39 Å². The molecule has 2 aliphatic carbocycles. The molecule has 0 amide bonds. The van der Waals surface area contributed by atoms with Gasteiger partial charge >= 0.3 is 0 Å². The number of rotatable bonds is 6. The molecule has 0 saturated heterocycles. The van der Waals surface area contributed by atoms with Gasteiger partial charge in [-0.1, -0.05) is 17.7 Å². The maximum atomic E-state index is 13.5. The molecule has 0 heterocycles. The first-order valence-corrected chi connectivity index (χ1v) is 7.71. The minimum Gasteiger partial charge on any atom is -0.310 e. The van der Waals surface area contributed by atoms with Crippen LogP contribution in [0.5, 0.6) is 0 Å². The average molecular weight is 282 g/mol. The lowest BCUT2D eigenvalue weighted by Crippen LogP contribution is -2.28. The summed E-state index contributed by atoms with van der Waals surface area (Å²) in [6, 6.07) is 5.28. The zero-order valence-electron chi connectivity index (χ0n) is 11.3. The number of benzene rings is 1. The van der Waals surface area contributed by atoms with E-state index in [1.807, 2.05) is 6.07 Å². The van der Waals surface area contributed by atoms with Crippen LogP contribution in [0.3, 0.4) is 0 Å². The second kappa shape index (κ2) is 5.41. The van der Waals surface area contributed by atoms with E-state index >= 15 is 0 Å². The lowest BCUT2D eigenvalue weighted by Gasteiger charge is -2.21. The molecule has 1 aromatic rings. The summed E-state index contributed by atoms with van der Waals surface area (Å²) in [7, 11) is 0. The standard InChI is InChI=1S/C16H21ClFN/c1-10(13-6-7-15(17)16(18)8-13)19-9-14(11-2-3-11)12-4-5-12/h6-8,10-12,14,19H,2-5,9H2,1H3. The maximum Gasteiger partial charge on any atom is 0.142 e. The van der Waals surface area contributed by atoms with Crippen molar-refractivity contribution in [2.24, 2.45) is 17.8 Å². The van der Waals surface area contributed by atoms with E-state index in [-0.39, 0.29) is 16.9 Å². The molecule has 0 radical (unpaired) electrons. The summed E-state index contributed by atoms with van der Waals surface area (Å²) < 4.78 is 13.5. The molecule has 1 nitrogen and oxygen atoms in total. The molecule has 1 N–H and O–H groups in total. The molecule has 0 aromatic heterocycles. The van der Waals surface area contributed by atoms with E-state index in [1.165, 1.54) is 25.7 Å². The van der Waals surface area contributed by atoms with Crippen LogP contribution in [0.15, 0.2) is 18.2 Å². The van der Waals surface area contributed by atoms with Crippen LogP contribution in [0.2, 0.25) is 5.02 Å². The summed E-state index contributed by atoms with van der Waals surface area (Å²) in [4.78, 5) is 0. The van der Waals surface area contributed by atoms with Gasteiger partial charge in [-0.3, -0.25) is 0 Å². The monoisotopic (exact) mass is 281 g/mol. The van der Waals surface area contributed by atoms with Crippen LogP contribution in [-0.4, -0.2) is 6.54 Å². The maximum absolute atomic E-state index is 13.5. The van der Waals surface area contributed by atoms with Crippen molar-refractivity contribution in [3.63, 3.8) is 0 Å². The van der Waals surface area contributed by atoms with Crippen molar-refractivity contribution < 1.29 is 4.39 Å². The van der Waals surface area contributed by atoms with Crippen molar-refractivity contribution in [1.82, 2.24) is 5.32 Å². The second-order valence-electron chi connectivity index (χ2n) is 6.14. The van der Waals surface area contributed by atoms with Gasteiger partial charge in [0.25, 0.3) is 0 Å². The van der Waals surface area contributed by atoms with E-state index in [2.05, 4.69) is 12.2 Å². The Hall–Kier alpha value is -0.600. The molecule has 2 saturated carbocycles. The van der Waals surface area contributed by atoms with E-state index in [1.54, 1.807) is 12.1 Å². The van der Waals surface area contributed by atoms with Gasteiger partial charge in [0.1, 0.15) is 5.82 Å². The van der Waals surface area contributed by atoms with Gasteiger partial charge in [0.15, 0.2) is 0 Å². The van der Waals surface area contributed by atoms with Gasteiger partial charge < -0.3 is 5.32 Å². The molecule has 0 aliphatic heterocycles. The first-order chi connectivity index (χ1) is 9.15. The van der Waals surface area contributed by atoms with Crippen molar-refractivity contribution in [3.8, 4) is 0 Å². The van der Waals surface area contributed by atoms with Gasteiger partial charge in [0, 0.05) is 6.04 Å². The van der Waals surface area contributed by atoms with E-state index < -0.39 is 0 Å². The third-order valence-electron chi connectivity index (χ3n) is 4.56. The predicted octanol–water partition coefficient (Wildman–Crippen LogP) is 4.57. The highest BCUT2D eigenvalue weighted by Crippen LogP contribution is 2.49. The third kappa shape index (κ3) is 3.29. The molecule has 2 aliphatic rings. The van der Waals surface area contributed by atoms with Crippen molar-refractivity contribution in [2.45, 2.75) is 38.6 Å². The summed E-state index contributed by atoms with van der Waals surface area (Å²) in [5, 5.41) is 3.78. The summed E-state index contributed by atoms with van der Waals surface area (Å²) >= 11 is 5.72. The first-order valence-electron chi connectivity index (χ1n) is 7.33. The van der Waals surface area contributed by atoms with Gasteiger partial charge in [-0.05, 0) is 74.6 Å². The number of halogens is 2. The van der Waals surface area contributed by atoms with Crippen LogP contribution in [0.1, 0.15) is 44.2 Å². The normalized spacial score (nSPS) is 20.8. The zero-order chi connectivity index (χ0) is 13.4. The van der Waals surface area contributed by atoms with Crippen LogP contribution in [-0.2, 0) is 0 Å². The fourth-order valence-corrected chi connectivity index (χ4v) is 3.10. The van der Waals surface area contributed by atoms with Gasteiger partial charge in [-0.2, -0.15) is 0 Å². The Morgan fingerprint density at radius 2 is 1.89 bits per heavy atom. The Kier molecular flexibility index (Phi) is 3.81. The quantitative estimate of drug-likeness (QED) is 0.806. The van der Waals surface area contributed by atoms with Gasteiger partial charge in [0.05, 0.1) is 5.02 Å². The van der Waals surface area contributed by atoms with E-state index in [4.69, 9.17) is 11.6 Å². The van der Waals surface area contributed by atoms with Crippen molar-refractivity contribution in [1.29, 1.82) is 0 Å². The molecule has 1 aromatic carbocycles. The highest BCUT2D eigenvalue weighted by Gasteiger charge is 2.41. The molecule has 0 bridgehead atoms. The van der Waals surface area contributed by atoms with Gasteiger partial charge in [-0.15, -0.1) is 0 Å². The number of hydrogen-bond acceptors (Lipinski definition) is 1. The highest BCUT2D eigenvalue weighted by atomic mass is 35.5. The topological polar surface area (TPSA) is 12.0 Å². The largest absolute Gasteiger partial charge is 0.310 e. The van der Waals surface area contributed by atoms with E-state index in [0.717, 1.165) is 29.9 Å². The first kappa shape index (κ1) is 13.4. The van der Waals surface area contributed by atoms with Crippen molar-refractivity contribution in [2.75, 3.05) is 6.54 Å². The van der Waals surface area contributed by atoms with Crippen LogP contribution < -0.4 is 5.32 Å². The van der Waals surface area contributed by atoms with Crippen molar-refractivity contribution >= 4 is 11.6 Å². The van der Waals surface area contributed by atoms with Crippen molar-refractivity contribution in [3.05, 3.63) is 34.6 Å². The number of hydrogen-bond donors (Lipinski definition) is 1. The molecular weight excluding hydrogens is 261 g/mol. The lowest BCUT2D eigenvalue weighted by atomic mass is 9.97. The smallest absolute Gasteiger partial charge is 0.142 e. The summed E-state index contributed by atoms with van der Waals surface area (Å²) in [5.74, 6) is 2.43. The van der Waals surface area contributed by atoms with Crippen LogP contribution in [0, 0.1) is 23.6 Å². The Morgan fingerprint density at radius 1 is 1.26 bits per heavy atom. The molecule has 3 heteroatoms. The second-order valence-corrected chi connectivity index (χ2v) is 6.55. The fraction of sp³-hybridized carbons (Fsp3) is 0.625. The molecule has 1 atom stereocenters. The molecule has 0 spiro atoms. The molecule has 19 heavy (non-hydrogen) atoms. The third-order valence-corrected chi connectivity index (χ3v) is 4.86. The average Bonchev–Trinajstić information content (AvgIpc) is 3.26. The number of nitrogens with one attached hydrogen (secondary N) is 1. The van der Waals surface area contributed by atoms with E-state index in [9.17, 15) is 4.39 Å². The molecular formula is C16H21ClFN. The molecule has 1 unspecified atom stereocenters. The Balaban J connectivity index is 1.57. The Morgan fingerprint density at radius 3 is 2.42 bits per heavy atom. The lowest BCUT2D eigenvalue weighted by molar-refractivity contribution is 0.362. The minimum atomic E-state index is -0.325. The van der Waals surface area contributed by atoms with Crippen LogP contribution in [0.4, 0.5) is 4.39 Å². The van der Waals surface area contributed by atoms with Crippen LogP contribution in [0.25, 0.3) is 0 Å². The molecule has 104 valence electrons. The molecule has 2 fully saturated rings. The zero-order valence-corrected chi connectivity index (χ0v) is 12.1. The Labute approximate surface area is 119 Å². The summed E-state index contributed by atoms with van der Waals surface area (Å²) in [6.07, 6.45) is 5.64.